The van der Waals surface area contributed by atoms with Crippen LogP contribution in [0.4, 0.5) is 11.5 Å². The van der Waals surface area contributed by atoms with Crippen LogP contribution in [-0.2, 0) is 12.8 Å². The van der Waals surface area contributed by atoms with Crippen molar-refractivity contribution in [2.45, 2.75) is 26.7 Å². The molecule has 3 rings (SSSR count). The Labute approximate surface area is 155 Å². The summed E-state index contributed by atoms with van der Waals surface area (Å²) in [6.07, 6.45) is 1.74. The Morgan fingerprint density at radius 2 is 1.65 bits per heavy atom. The summed E-state index contributed by atoms with van der Waals surface area (Å²) in [7, 11) is 2.12. The molecule has 6 heteroatoms. The maximum absolute atomic E-state index is 12.6. The molecule has 1 saturated heterocycles. The van der Waals surface area contributed by atoms with Crippen molar-refractivity contribution in [2.75, 3.05) is 43.4 Å². The number of benzene rings is 1. The topological polar surface area (TPSA) is 61.4 Å². The number of piperazine rings is 1. The number of likely N-dealkylation sites (N-methyl/N-ethyl adjacent to an activating group) is 1. The number of carbonyl (C=O) groups excluding carboxylic acids is 1. The Morgan fingerprint density at radius 1 is 1.00 bits per heavy atom. The highest BCUT2D eigenvalue weighted by Gasteiger charge is 2.17. The second-order valence-electron chi connectivity index (χ2n) is 6.68. The molecule has 1 fully saturated rings. The summed E-state index contributed by atoms with van der Waals surface area (Å²) >= 11 is 0. The summed E-state index contributed by atoms with van der Waals surface area (Å²) in [6.45, 7) is 8.07. The first-order valence-electron chi connectivity index (χ1n) is 9.31. The number of para-hydroxylation sites is 1. The largest absolute Gasteiger partial charge is 0.353 e. The predicted molar refractivity (Wildman–Crippen MR) is 105 cm³/mol. The number of hydrogen-bond donors (Lipinski definition) is 1. The molecule has 1 aliphatic rings. The number of aromatic nitrogens is 2. The van der Waals surface area contributed by atoms with Crippen LogP contribution in [0.2, 0.25) is 0 Å². The number of amides is 1. The van der Waals surface area contributed by atoms with E-state index in [-0.39, 0.29) is 5.91 Å². The molecule has 26 heavy (non-hydrogen) atoms. The zero-order valence-electron chi connectivity index (χ0n) is 15.8. The molecule has 0 spiro atoms. The van der Waals surface area contributed by atoms with Gasteiger partial charge in [0.05, 0.1) is 0 Å². The Kier molecular flexibility index (Phi) is 5.83. The van der Waals surface area contributed by atoms with Crippen LogP contribution in [0.5, 0.6) is 0 Å². The van der Waals surface area contributed by atoms with E-state index in [0.717, 1.165) is 61.7 Å². The monoisotopic (exact) mass is 353 g/mol. The molecule has 0 atom stereocenters. The molecule has 138 valence electrons. The molecule has 1 amide bonds. The van der Waals surface area contributed by atoms with E-state index >= 15 is 0 Å². The molecule has 1 N–H and O–H groups in total. The lowest BCUT2D eigenvalue weighted by Gasteiger charge is -2.32. The predicted octanol–water partition coefficient (Wildman–Crippen LogP) is 2.61. The Morgan fingerprint density at radius 3 is 2.19 bits per heavy atom. The molecule has 1 aromatic heterocycles. The van der Waals surface area contributed by atoms with E-state index in [1.54, 1.807) is 6.07 Å². The SMILES string of the molecule is CCc1cccc(CC)c1NC(=O)c1ccc(N2CCN(C)CC2)nn1. The molecule has 0 radical (unpaired) electrons. The van der Waals surface area contributed by atoms with Gasteiger partial charge in [-0.25, -0.2) is 0 Å². The molecule has 6 nitrogen and oxygen atoms in total. The van der Waals surface area contributed by atoms with E-state index in [1.165, 1.54) is 0 Å². The van der Waals surface area contributed by atoms with Gasteiger partial charge in [0.25, 0.3) is 5.91 Å². The lowest BCUT2D eigenvalue weighted by molar-refractivity contribution is 0.102. The number of nitrogens with one attached hydrogen (secondary N) is 1. The highest BCUT2D eigenvalue weighted by atomic mass is 16.1. The van der Waals surface area contributed by atoms with Gasteiger partial charge in [0.15, 0.2) is 11.5 Å². The van der Waals surface area contributed by atoms with E-state index in [2.05, 4.69) is 58.3 Å². The normalized spacial score (nSPS) is 15.1. The van der Waals surface area contributed by atoms with Crippen molar-refractivity contribution in [1.82, 2.24) is 15.1 Å². The lowest BCUT2D eigenvalue weighted by atomic mass is 10.0. The van der Waals surface area contributed by atoms with Crippen LogP contribution in [0.15, 0.2) is 30.3 Å². The van der Waals surface area contributed by atoms with Crippen molar-refractivity contribution >= 4 is 17.4 Å². The third kappa shape index (κ3) is 4.02. The highest BCUT2D eigenvalue weighted by Crippen LogP contribution is 2.23. The van der Waals surface area contributed by atoms with Crippen molar-refractivity contribution in [3.8, 4) is 0 Å². The van der Waals surface area contributed by atoms with Crippen LogP contribution in [0.1, 0.15) is 35.5 Å². The maximum atomic E-state index is 12.6. The van der Waals surface area contributed by atoms with Gasteiger partial charge in [-0.05, 0) is 43.1 Å². The van der Waals surface area contributed by atoms with Crippen LogP contribution in [0, 0.1) is 0 Å². The molecule has 0 bridgehead atoms. The third-order valence-electron chi connectivity index (χ3n) is 4.95. The summed E-state index contributed by atoms with van der Waals surface area (Å²) < 4.78 is 0. The number of hydrogen-bond acceptors (Lipinski definition) is 5. The fraction of sp³-hybridized carbons (Fsp3) is 0.450. The molecule has 0 unspecified atom stereocenters. The van der Waals surface area contributed by atoms with Gasteiger partial charge in [0.2, 0.25) is 0 Å². The Hall–Kier alpha value is -2.47. The standard InChI is InChI=1S/C20H27N5O/c1-4-15-7-6-8-16(5-2)19(15)21-20(26)17-9-10-18(23-22-17)25-13-11-24(3)12-14-25/h6-10H,4-5,11-14H2,1-3H3,(H,21,26). The van der Waals surface area contributed by atoms with Crippen molar-refractivity contribution in [3.05, 3.63) is 47.2 Å². The summed E-state index contributed by atoms with van der Waals surface area (Å²) in [5, 5.41) is 11.5. The smallest absolute Gasteiger partial charge is 0.276 e. The molecular weight excluding hydrogens is 326 g/mol. The minimum absolute atomic E-state index is 0.210. The van der Waals surface area contributed by atoms with Crippen LogP contribution < -0.4 is 10.2 Å². The highest BCUT2D eigenvalue weighted by molar-refractivity contribution is 6.03. The Bertz CT molecular complexity index is 729. The van der Waals surface area contributed by atoms with Gasteiger partial charge in [-0.3, -0.25) is 4.79 Å². The van der Waals surface area contributed by atoms with E-state index in [0.29, 0.717) is 5.69 Å². The first kappa shape index (κ1) is 18.3. The minimum Gasteiger partial charge on any atom is -0.353 e. The van der Waals surface area contributed by atoms with Gasteiger partial charge in [-0.1, -0.05) is 32.0 Å². The van der Waals surface area contributed by atoms with Crippen molar-refractivity contribution < 1.29 is 4.79 Å². The van der Waals surface area contributed by atoms with Gasteiger partial charge >= 0.3 is 0 Å². The van der Waals surface area contributed by atoms with Crippen molar-refractivity contribution in [2.24, 2.45) is 0 Å². The van der Waals surface area contributed by atoms with Gasteiger partial charge in [-0.2, -0.15) is 0 Å². The quantitative estimate of drug-likeness (QED) is 0.895. The fourth-order valence-electron chi connectivity index (χ4n) is 3.23. The molecule has 1 aliphatic heterocycles. The summed E-state index contributed by atoms with van der Waals surface area (Å²) in [6, 6.07) is 9.79. The van der Waals surface area contributed by atoms with E-state index in [4.69, 9.17) is 0 Å². The second kappa shape index (κ2) is 8.27. The minimum atomic E-state index is -0.210. The molecule has 1 aromatic carbocycles. The second-order valence-corrected chi connectivity index (χ2v) is 6.68. The fourth-order valence-corrected chi connectivity index (χ4v) is 3.23. The molecule has 2 heterocycles. The number of rotatable bonds is 5. The summed E-state index contributed by atoms with van der Waals surface area (Å²) in [5.74, 6) is 0.621. The molecule has 0 saturated carbocycles. The van der Waals surface area contributed by atoms with E-state index in [9.17, 15) is 4.79 Å². The zero-order valence-corrected chi connectivity index (χ0v) is 15.8. The molecular formula is C20H27N5O. The Balaban J connectivity index is 1.73. The lowest BCUT2D eigenvalue weighted by Crippen LogP contribution is -2.44. The van der Waals surface area contributed by atoms with Gasteiger partial charge in [-0.15, -0.1) is 10.2 Å². The van der Waals surface area contributed by atoms with E-state index in [1.807, 2.05) is 12.1 Å². The average molecular weight is 353 g/mol. The average Bonchev–Trinajstić information content (AvgIpc) is 2.68. The summed E-state index contributed by atoms with van der Waals surface area (Å²) in [4.78, 5) is 17.1. The first-order valence-corrected chi connectivity index (χ1v) is 9.31. The van der Waals surface area contributed by atoms with Crippen molar-refractivity contribution in [3.63, 3.8) is 0 Å². The number of aryl methyl sites for hydroxylation is 2. The maximum Gasteiger partial charge on any atom is 0.276 e. The molecule has 0 aliphatic carbocycles. The van der Waals surface area contributed by atoms with Crippen LogP contribution in [0.25, 0.3) is 0 Å². The summed E-state index contributed by atoms with van der Waals surface area (Å²) in [5.41, 5.74) is 3.53. The van der Waals surface area contributed by atoms with Crippen LogP contribution in [-0.4, -0.2) is 54.2 Å². The zero-order chi connectivity index (χ0) is 18.5. The first-order chi connectivity index (χ1) is 12.6. The number of carbonyl (C=O) groups is 1. The van der Waals surface area contributed by atoms with Gasteiger partial charge in [0, 0.05) is 31.9 Å². The van der Waals surface area contributed by atoms with Crippen LogP contribution >= 0.6 is 0 Å². The van der Waals surface area contributed by atoms with E-state index < -0.39 is 0 Å². The number of nitrogens with zero attached hydrogens (tertiary/aromatic N) is 4. The number of anilines is 2. The third-order valence-corrected chi connectivity index (χ3v) is 4.95. The van der Waals surface area contributed by atoms with Crippen molar-refractivity contribution in [1.29, 1.82) is 0 Å². The van der Waals surface area contributed by atoms with Crippen LogP contribution in [0.3, 0.4) is 0 Å². The van der Waals surface area contributed by atoms with Gasteiger partial charge < -0.3 is 15.1 Å². The molecule has 2 aromatic rings. The van der Waals surface area contributed by atoms with Gasteiger partial charge in [0.1, 0.15) is 0 Å².